The van der Waals surface area contributed by atoms with Crippen LogP contribution < -0.4 is 10.6 Å². The minimum Gasteiger partial charge on any atom is -0.368 e. The third-order valence-corrected chi connectivity index (χ3v) is 4.11. The van der Waals surface area contributed by atoms with Gasteiger partial charge in [0, 0.05) is 19.0 Å². The molecule has 1 amide bonds. The quantitative estimate of drug-likeness (QED) is 0.684. The lowest BCUT2D eigenvalue weighted by molar-refractivity contribution is -0.122. The Labute approximate surface area is 139 Å². The van der Waals surface area contributed by atoms with Crippen molar-refractivity contribution in [2.75, 3.05) is 18.4 Å². The average molecular weight is 321 g/mol. The highest BCUT2D eigenvalue weighted by Gasteiger charge is 2.28. The minimum absolute atomic E-state index is 0.170. The second-order valence-electron chi connectivity index (χ2n) is 5.98. The van der Waals surface area contributed by atoms with Gasteiger partial charge >= 0.3 is 0 Å². The number of rotatable bonds is 6. The molecule has 24 heavy (non-hydrogen) atoms. The molecule has 3 aromatic rings. The van der Waals surface area contributed by atoms with Gasteiger partial charge in [-0.2, -0.15) is 0 Å². The van der Waals surface area contributed by atoms with Crippen LogP contribution in [0.5, 0.6) is 0 Å². The van der Waals surface area contributed by atoms with Crippen LogP contribution in [0.25, 0.3) is 16.9 Å². The van der Waals surface area contributed by atoms with Crippen LogP contribution in [0.2, 0.25) is 0 Å². The van der Waals surface area contributed by atoms with E-state index in [1.807, 2.05) is 47.0 Å². The zero-order valence-electron chi connectivity index (χ0n) is 13.3. The topological polar surface area (TPSA) is 71.8 Å². The maximum absolute atomic E-state index is 11.6. The van der Waals surface area contributed by atoms with E-state index in [0.29, 0.717) is 13.1 Å². The molecule has 2 heterocycles. The van der Waals surface area contributed by atoms with E-state index in [2.05, 4.69) is 20.6 Å². The monoisotopic (exact) mass is 321 g/mol. The predicted octanol–water partition coefficient (Wildman–Crippen LogP) is 2.36. The van der Waals surface area contributed by atoms with Gasteiger partial charge in [0.05, 0.1) is 11.0 Å². The van der Waals surface area contributed by atoms with Gasteiger partial charge in [-0.3, -0.25) is 9.36 Å². The number of pyridine rings is 1. The molecule has 0 saturated heterocycles. The Morgan fingerprint density at radius 3 is 2.88 bits per heavy atom. The molecule has 0 aliphatic heterocycles. The van der Waals surface area contributed by atoms with Crippen molar-refractivity contribution >= 4 is 22.8 Å². The van der Waals surface area contributed by atoms with Crippen molar-refractivity contribution in [3.05, 3.63) is 48.8 Å². The van der Waals surface area contributed by atoms with Crippen LogP contribution in [0.1, 0.15) is 12.8 Å². The number of anilines is 1. The molecule has 0 spiro atoms. The van der Waals surface area contributed by atoms with Gasteiger partial charge in [0.25, 0.3) is 0 Å². The Kier molecular flexibility index (Phi) is 3.86. The van der Waals surface area contributed by atoms with Gasteiger partial charge in [0.2, 0.25) is 5.91 Å². The van der Waals surface area contributed by atoms with Gasteiger partial charge in [0.15, 0.2) is 0 Å². The minimum atomic E-state index is 0.170. The number of para-hydroxylation sites is 2. The van der Waals surface area contributed by atoms with Crippen LogP contribution in [-0.4, -0.2) is 33.5 Å². The largest absolute Gasteiger partial charge is 0.368 e. The van der Waals surface area contributed by atoms with Crippen LogP contribution in [0, 0.1) is 5.92 Å². The summed E-state index contributed by atoms with van der Waals surface area (Å²) >= 11 is 0. The molecule has 6 heteroatoms. The first-order valence-corrected chi connectivity index (χ1v) is 8.22. The van der Waals surface area contributed by atoms with Gasteiger partial charge < -0.3 is 10.6 Å². The molecule has 122 valence electrons. The second-order valence-corrected chi connectivity index (χ2v) is 5.98. The number of benzene rings is 1. The van der Waals surface area contributed by atoms with E-state index in [1.54, 1.807) is 6.33 Å². The normalized spacial score (nSPS) is 13.8. The van der Waals surface area contributed by atoms with Gasteiger partial charge in [-0.05, 0) is 37.1 Å². The first-order chi connectivity index (χ1) is 11.8. The first-order valence-electron chi connectivity index (χ1n) is 8.22. The highest BCUT2D eigenvalue weighted by atomic mass is 16.2. The van der Waals surface area contributed by atoms with E-state index in [1.165, 1.54) is 0 Å². The third-order valence-electron chi connectivity index (χ3n) is 4.11. The summed E-state index contributed by atoms with van der Waals surface area (Å²) in [6.07, 6.45) is 3.84. The van der Waals surface area contributed by atoms with Crippen molar-refractivity contribution in [1.29, 1.82) is 0 Å². The van der Waals surface area contributed by atoms with Crippen molar-refractivity contribution in [1.82, 2.24) is 19.9 Å². The molecule has 1 saturated carbocycles. The Morgan fingerprint density at radius 1 is 1.12 bits per heavy atom. The Bertz CT molecular complexity index is 868. The van der Waals surface area contributed by atoms with E-state index in [4.69, 9.17) is 0 Å². The number of amides is 1. The fourth-order valence-electron chi connectivity index (χ4n) is 2.66. The molecule has 0 atom stereocenters. The van der Waals surface area contributed by atoms with Crippen molar-refractivity contribution in [2.24, 2.45) is 5.92 Å². The van der Waals surface area contributed by atoms with Gasteiger partial charge in [0.1, 0.15) is 18.0 Å². The van der Waals surface area contributed by atoms with Crippen molar-refractivity contribution in [3.8, 4) is 5.82 Å². The van der Waals surface area contributed by atoms with E-state index in [-0.39, 0.29) is 11.8 Å². The van der Waals surface area contributed by atoms with Crippen LogP contribution in [0.4, 0.5) is 5.82 Å². The Morgan fingerprint density at radius 2 is 2.00 bits per heavy atom. The molecule has 2 aromatic heterocycles. The maximum atomic E-state index is 11.6. The molecule has 1 aromatic carbocycles. The molecule has 1 aliphatic carbocycles. The van der Waals surface area contributed by atoms with Crippen LogP contribution in [0.3, 0.4) is 0 Å². The number of nitrogens with one attached hydrogen (secondary N) is 2. The smallest absolute Gasteiger partial charge is 0.223 e. The number of aromatic nitrogens is 3. The molecule has 0 bridgehead atoms. The summed E-state index contributed by atoms with van der Waals surface area (Å²) in [5, 5.41) is 6.19. The lowest BCUT2D eigenvalue weighted by Gasteiger charge is -2.09. The lowest BCUT2D eigenvalue weighted by Crippen LogP contribution is -2.29. The second kappa shape index (κ2) is 6.31. The first kappa shape index (κ1) is 14.7. The van der Waals surface area contributed by atoms with Crippen LogP contribution >= 0.6 is 0 Å². The summed E-state index contributed by atoms with van der Waals surface area (Å²) in [4.78, 5) is 20.6. The SMILES string of the molecule is O=C(NCCNc1cccc(-n2cnc3ccccc32)n1)C1CC1. The summed E-state index contributed by atoms with van der Waals surface area (Å²) in [5.74, 6) is 2.02. The summed E-state index contributed by atoms with van der Waals surface area (Å²) in [6, 6.07) is 13.8. The number of nitrogens with zero attached hydrogens (tertiary/aromatic N) is 3. The van der Waals surface area contributed by atoms with Gasteiger partial charge in [-0.25, -0.2) is 9.97 Å². The highest BCUT2D eigenvalue weighted by Crippen LogP contribution is 2.28. The van der Waals surface area contributed by atoms with Crippen molar-refractivity contribution < 1.29 is 4.79 Å². The zero-order valence-corrected chi connectivity index (χ0v) is 13.3. The standard InChI is InChI=1S/C18H19N5O/c24-18(13-8-9-13)20-11-10-19-16-6-3-7-17(22-16)23-12-21-14-4-1-2-5-15(14)23/h1-7,12-13H,8-11H2,(H,19,22)(H,20,24). The van der Waals surface area contributed by atoms with E-state index >= 15 is 0 Å². The van der Waals surface area contributed by atoms with Crippen LogP contribution in [-0.2, 0) is 4.79 Å². The number of hydrogen-bond donors (Lipinski definition) is 2. The fraction of sp³-hybridized carbons (Fsp3) is 0.278. The molecular formula is C18H19N5O. The molecular weight excluding hydrogens is 302 g/mol. The number of fused-ring (bicyclic) bond motifs is 1. The molecule has 2 N–H and O–H groups in total. The average Bonchev–Trinajstić information content (AvgIpc) is 3.38. The molecule has 4 rings (SSSR count). The van der Waals surface area contributed by atoms with E-state index in [0.717, 1.165) is 35.5 Å². The van der Waals surface area contributed by atoms with Gasteiger partial charge in [-0.1, -0.05) is 18.2 Å². The molecule has 0 radical (unpaired) electrons. The molecule has 6 nitrogen and oxygen atoms in total. The maximum Gasteiger partial charge on any atom is 0.223 e. The van der Waals surface area contributed by atoms with Gasteiger partial charge in [-0.15, -0.1) is 0 Å². The van der Waals surface area contributed by atoms with E-state index in [9.17, 15) is 4.79 Å². The zero-order chi connectivity index (χ0) is 16.4. The van der Waals surface area contributed by atoms with Crippen molar-refractivity contribution in [3.63, 3.8) is 0 Å². The summed E-state index contributed by atoms with van der Waals surface area (Å²) in [5.41, 5.74) is 1.97. The summed E-state index contributed by atoms with van der Waals surface area (Å²) < 4.78 is 1.97. The molecule has 0 unspecified atom stereocenters. The molecule has 1 fully saturated rings. The summed E-state index contributed by atoms with van der Waals surface area (Å²) in [7, 11) is 0. The summed E-state index contributed by atoms with van der Waals surface area (Å²) in [6.45, 7) is 1.26. The number of carbonyl (C=O) groups excluding carboxylic acids is 1. The highest BCUT2D eigenvalue weighted by molar-refractivity contribution is 5.80. The Hall–Kier alpha value is -2.89. The van der Waals surface area contributed by atoms with E-state index < -0.39 is 0 Å². The lowest BCUT2D eigenvalue weighted by atomic mass is 10.3. The van der Waals surface area contributed by atoms with Crippen LogP contribution in [0.15, 0.2) is 48.8 Å². The number of imidazole rings is 1. The number of hydrogen-bond acceptors (Lipinski definition) is 4. The third kappa shape index (κ3) is 3.08. The predicted molar refractivity (Wildman–Crippen MR) is 93.1 cm³/mol. The Balaban J connectivity index is 1.42. The molecule has 1 aliphatic rings. The van der Waals surface area contributed by atoms with Crippen molar-refractivity contribution in [2.45, 2.75) is 12.8 Å². The fourth-order valence-corrected chi connectivity index (χ4v) is 2.66. The number of carbonyl (C=O) groups is 1.